The van der Waals surface area contributed by atoms with Gasteiger partial charge < -0.3 is 20.1 Å². The molecule has 0 radical (unpaired) electrons. The zero-order valence-corrected chi connectivity index (χ0v) is 17.8. The van der Waals surface area contributed by atoms with E-state index in [9.17, 15) is 19.8 Å². The minimum atomic E-state index is -1.07. The number of ether oxygens (including phenoxy) is 1. The fraction of sp³-hybridized carbons (Fsp3) is 0.739. The Hall–Kier alpha value is -1.66. The van der Waals surface area contributed by atoms with E-state index in [1.807, 2.05) is 13.8 Å². The van der Waals surface area contributed by atoms with Gasteiger partial charge in [0.1, 0.15) is 6.10 Å². The Morgan fingerprint density at radius 3 is 2.66 bits per heavy atom. The summed E-state index contributed by atoms with van der Waals surface area (Å²) < 4.78 is 5.93. The maximum absolute atomic E-state index is 12.4. The van der Waals surface area contributed by atoms with Gasteiger partial charge in [-0.2, -0.15) is 0 Å². The lowest BCUT2D eigenvalue weighted by molar-refractivity contribution is -0.158. The molecule has 0 saturated carbocycles. The van der Waals surface area contributed by atoms with Gasteiger partial charge in [-0.05, 0) is 55.9 Å². The van der Waals surface area contributed by atoms with E-state index in [-0.39, 0.29) is 48.6 Å². The molecule has 2 unspecified atom stereocenters. The Labute approximate surface area is 173 Å². The molecule has 0 aromatic heterocycles. The Bertz CT molecular complexity index is 625. The molecule has 0 aromatic rings. The van der Waals surface area contributed by atoms with E-state index in [1.165, 1.54) is 5.57 Å². The van der Waals surface area contributed by atoms with Crippen LogP contribution in [0.5, 0.6) is 0 Å². The van der Waals surface area contributed by atoms with Crippen LogP contribution in [0.3, 0.4) is 0 Å². The van der Waals surface area contributed by atoms with Crippen molar-refractivity contribution < 1.29 is 29.6 Å². The number of carboxylic acid groups (broad SMARTS) is 1. The molecular formula is C23H36O6. The molecule has 2 aliphatic carbocycles. The maximum Gasteiger partial charge on any atom is 0.308 e. The van der Waals surface area contributed by atoms with Gasteiger partial charge in [0.2, 0.25) is 0 Å². The second-order valence-corrected chi connectivity index (χ2v) is 8.69. The van der Waals surface area contributed by atoms with Gasteiger partial charge in [0.15, 0.2) is 0 Å². The number of esters is 1. The molecule has 164 valence electrons. The van der Waals surface area contributed by atoms with Crippen LogP contribution in [0, 0.1) is 23.7 Å². The first kappa shape index (κ1) is 23.6. The highest BCUT2D eigenvalue weighted by Gasteiger charge is 2.40. The van der Waals surface area contributed by atoms with Gasteiger partial charge >= 0.3 is 11.9 Å². The predicted molar refractivity (Wildman–Crippen MR) is 110 cm³/mol. The lowest BCUT2D eigenvalue weighted by Crippen LogP contribution is -2.40. The number of carboxylic acids is 1. The van der Waals surface area contributed by atoms with Crippen LogP contribution in [0.1, 0.15) is 65.7 Å². The molecule has 7 atom stereocenters. The number of aliphatic carboxylic acids is 1. The summed E-state index contributed by atoms with van der Waals surface area (Å²) in [5.41, 5.74) is 1.21. The predicted octanol–water partition coefficient (Wildman–Crippen LogP) is 3.47. The van der Waals surface area contributed by atoms with E-state index < -0.39 is 18.2 Å². The summed E-state index contributed by atoms with van der Waals surface area (Å²) in [5, 5.41) is 28.8. The largest absolute Gasteiger partial charge is 0.481 e. The zero-order valence-electron chi connectivity index (χ0n) is 17.8. The average molecular weight is 409 g/mol. The highest BCUT2D eigenvalue weighted by molar-refractivity contribution is 5.72. The quantitative estimate of drug-likeness (QED) is 0.478. The number of carbonyl (C=O) groups excluding carboxylic acids is 1. The van der Waals surface area contributed by atoms with Crippen molar-refractivity contribution in [3.63, 3.8) is 0 Å². The molecule has 2 aliphatic rings. The number of carbonyl (C=O) groups is 2. The lowest BCUT2D eigenvalue weighted by Gasteiger charge is -2.42. The van der Waals surface area contributed by atoms with E-state index in [0.29, 0.717) is 6.42 Å². The second-order valence-electron chi connectivity index (χ2n) is 8.69. The number of aliphatic hydroxyl groups is 2. The molecule has 0 spiro atoms. The van der Waals surface area contributed by atoms with Crippen LogP contribution in [0.2, 0.25) is 0 Å². The molecular weight excluding hydrogens is 372 g/mol. The van der Waals surface area contributed by atoms with Crippen molar-refractivity contribution in [2.75, 3.05) is 0 Å². The Morgan fingerprint density at radius 1 is 1.28 bits per heavy atom. The molecule has 6 heteroatoms. The molecule has 0 aromatic carbocycles. The highest BCUT2D eigenvalue weighted by atomic mass is 16.5. The third-order valence-electron chi connectivity index (χ3n) is 6.42. The first-order valence-electron chi connectivity index (χ1n) is 10.9. The van der Waals surface area contributed by atoms with Crippen molar-refractivity contribution >= 4 is 11.9 Å². The van der Waals surface area contributed by atoms with Crippen molar-refractivity contribution in [1.82, 2.24) is 0 Å². The molecule has 0 heterocycles. The van der Waals surface area contributed by atoms with Gasteiger partial charge in [-0.15, -0.1) is 0 Å². The summed E-state index contributed by atoms with van der Waals surface area (Å²) in [6.07, 6.45) is 7.97. The van der Waals surface area contributed by atoms with Crippen LogP contribution in [-0.2, 0) is 14.3 Å². The van der Waals surface area contributed by atoms with Gasteiger partial charge in [0, 0.05) is 5.92 Å². The van der Waals surface area contributed by atoms with Crippen LogP contribution >= 0.6 is 0 Å². The Morgan fingerprint density at radius 2 is 2.00 bits per heavy atom. The smallest absolute Gasteiger partial charge is 0.308 e. The van der Waals surface area contributed by atoms with Gasteiger partial charge in [0.05, 0.1) is 24.5 Å². The van der Waals surface area contributed by atoms with Crippen LogP contribution in [-0.4, -0.2) is 45.6 Å². The van der Waals surface area contributed by atoms with Crippen LogP contribution < -0.4 is 0 Å². The molecule has 6 nitrogen and oxygen atoms in total. The van der Waals surface area contributed by atoms with Gasteiger partial charge in [0.25, 0.3) is 0 Å². The first-order chi connectivity index (χ1) is 13.7. The third-order valence-corrected chi connectivity index (χ3v) is 6.42. The van der Waals surface area contributed by atoms with E-state index in [0.717, 1.165) is 25.7 Å². The zero-order chi connectivity index (χ0) is 21.6. The summed E-state index contributed by atoms with van der Waals surface area (Å²) in [7, 11) is 0. The lowest BCUT2D eigenvalue weighted by atomic mass is 9.66. The number of hydrogen-bond acceptors (Lipinski definition) is 5. The number of hydrogen-bond donors (Lipinski definition) is 3. The molecule has 0 bridgehead atoms. The van der Waals surface area contributed by atoms with Crippen molar-refractivity contribution in [1.29, 1.82) is 0 Å². The summed E-state index contributed by atoms with van der Waals surface area (Å²) in [6, 6.07) is 0. The highest BCUT2D eigenvalue weighted by Crippen LogP contribution is 2.44. The number of rotatable bonds is 10. The Kier molecular flexibility index (Phi) is 8.90. The van der Waals surface area contributed by atoms with Crippen molar-refractivity contribution in [3.05, 3.63) is 23.8 Å². The Balaban J connectivity index is 2.03. The van der Waals surface area contributed by atoms with Crippen LogP contribution in [0.4, 0.5) is 0 Å². The molecule has 3 N–H and O–H groups in total. The SMILES string of the molecule is CC[C@H](C)C(=O)O[C@H]1CCC=C2C=C[C@H](C)[C@H](CCC(O)CC(O)CC(=O)O)[C@H]21. The first-order valence-corrected chi connectivity index (χ1v) is 10.9. The topological polar surface area (TPSA) is 104 Å². The standard InChI is InChI=1S/C23H36O6/c1-4-14(2)23(28)29-20-7-5-6-16-9-8-15(3)19(22(16)20)11-10-17(24)12-18(25)13-21(26)27/h6,8-9,14-15,17-20,22,24-25H,4-5,7,10-13H2,1-3H3,(H,26,27)/t14-,15-,17?,18?,19-,20-,22-/m0/s1. The summed E-state index contributed by atoms with van der Waals surface area (Å²) in [4.78, 5) is 23.1. The summed E-state index contributed by atoms with van der Waals surface area (Å²) in [5.74, 6) is -0.691. The van der Waals surface area contributed by atoms with E-state index in [4.69, 9.17) is 9.84 Å². The van der Waals surface area contributed by atoms with Crippen molar-refractivity contribution in [3.8, 4) is 0 Å². The summed E-state index contributed by atoms with van der Waals surface area (Å²) in [6.45, 7) is 6.01. The maximum atomic E-state index is 12.4. The normalized spacial score (nSPS) is 29.3. The average Bonchev–Trinajstić information content (AvgIpc) is 2.66. The molecule has 0 saturated heterocycles. The fourth-order valence-electron chi connectivity index (χ4n) is 4.49. The van der Waals surface area contributed by atoms with Crippen LogP contribution in [0.25, 0.3) is 0 Å². The van der Waals surface area contributed by atoms with Gasteiger partial charge in [-0.3, -0.25) is 9.59 Å². The van der Waals surface area contributed by atoms with Crippen molar-refractivity contribution in [2.45, 2.75) is 84.0 Å². The molecule has 29 heavy (non-hydrogen) atoms. The molecule has 0 fully saturated rings. The van der Waals surface area contributed by atoms with E-state index >= 15 is 0 Å². The fourth-order valence-corrected chi connectivity index (χ4v) is 4.49. The molecule has 2 rings (SSSR count). The van der Waals surface area contributed by atoms with Crippen molar-refractivity contribution in [2.24, 2.45) is 23.7 Å². The number of aliphatic hydroxyl groups excluding tert-OH is 2. The van der Waals surface area contributed by atoms with E-state index in [1.54, 1.807) is 0 Å². The third kappa shape index (κ3) is 6.68. The molecule has 0 aliphatic heterocycles. The monoisotopic (exact) mass is 408 g/mol. The minimum Gasteiger partial charge on any atom is -0.481 e. The summed E-state index contributed by atoms with van der Waals surface area (Å²) >= 11 is 0. The molecule has 0 amide bonds. The number of allylic oxidation sites excluding steroid dienone is 3. The minimum absolute atomic E-state index is 0.0586. The second kappa shape index (κ2) is 10.9. The van der Waals surface area contributed by atoms with Gasteiger partial charge in [-0.1, -0.05) is 39.0 Å². The number of fused-ring (bicyclic) bond motifs is 1. The van der Waals surface area contributed by atoms with E-state index in [2.05, 4.69) is 25.2 Å². The van der Waals surface area contributed by atoms with Crippen LogP contribution in [0.15, 0.2) is 23.8 Å². The van der Waals surface area contributed by atoms with Gasteiger partial charge in [-0.25, -0.2) is 0 Å².